The van der Waals surface area contributed by atoms with Crippen molar-refractivity contribution in [2.45, 2.75) is 10.7 Å². The molecule has 0 aliphatic heterocycles. The molecule has 0 fully saturated rings. The van der Waals surface area contributed by atoms with Crippen LogP contribution in [0.5, 0.6) is 0 Å². The summed E-state index contributed by atoms with van der Waals surface area (Å²) in [6.45, 7) is 0. The lowest BCUT2D eigenvalue weighted by Crippen LogP contribution is -2.11. The maximum Gasteiger partial charge on any atom is 0.341 e. The first-order chi connectivity index (χ1) is 6.34. The van der Waals surface area contributed by atoms with Gasteiger partial charge in [-0.1, -0.05) is 15.9 Å². The molecule has 0 saturated carbocycles. The molecule has 78 valence electrons. The van der Waals surface area contributed by atoms with E-state index in [-0.39, 0.29) is 4.47 Å². The first-order valence-corrected chi connectivity index (χ1v) is 5.66. The molecule has 0 aromatic heterocycles. The summed E-state index contributed by atoms with van der Waals surface area (Å²) >= 11 is 2.81. The molecule has 7 heteroatoms. The minimum absolute atomic E-state index is 0.0942. The largest absolute Gasteiger partial charge is 0.341 e. The number of alkyl halides is 2. The van der Waals surface area contributed by atoms with Gasteiger partial charge in [-0.2, -0.15) is 8.78 Å². The van der Waals surface area contributed by atoms with Crippen molar-refractivity contribution in [1.29, 1.82) is 0 Å². The number of rotatable bonds is 2. The summed E-state index contributed by atoms with van der Waals surface area (Å²) < 4.78 is 58.6. The molecule has 0 heterocycles. The van der Waals surface area contributed by atoms with Gasteiger partial charge in [0.1, 0.15) is 5.82 Å². The predicted octanol–water partition coefficient (Wildman–Crippen LogP) is 2.58. The lowest BCUT2D eigenvalue weighted by Gasteiger charge is -2.03. The molecule has 2 nitrogen and oxygen atoms in total. The van der Waals surface area contributed by atoms with E-state index in [4.69, 9.17) is 0 Å². The number of halogens is 4. The van der Waals surface area contributed by atoms with Gasteiger partial charge in [0.15, 0.2) is 0 Å². The third kappa shape index (κ3) is 2.27. The molecule has 0 atom stereocenters. The van der Waals surface area contributed by atoms with Gasteiger partial charge in [0.05, 0.1) is 4.90 Å². The fourth-order valence-electron chi connectivity index (χ4n) is 0.796. The maximum absolute atomic E-state index is 12.7. The highest BCUT2D eigenvalue weighted by Crippen LogP contribution is 2.23. The lowest BCUT2D eigenvalue weighted by molar-refractivity contribution is 0.234. The summed E-state index contributed by atoms with van der Waals surface area (Å²) in [6.07, 6.45) is 0. The normalized spacial score (nSPS) is 12.1. The quantitative estimate of drug-likeness (QED) is 0.838. The Bertz CT molecular complexity index is 424. The standard InChI is InChI=1S/C7H4BrF3O2S/c8-4-1-5(9)3-6(2-4)14(12,13)7(10)11/h1-3,7H. The molecule has 1 aromatic rings. The van der Waals surface area contributed by atoms with Gasteiger partial charge < -0.3 is 0 Å². The summed E-state index contributed by atoms with van der Waals surface area (Å²) in [7, 11) is -4.73. The van der Waals surface area contributed by atoms with Crippen molar-refractivity contribution in [3.8, 4) is 0 Å². The van der Waals surface area contributed by atoms with Gasteiger partial charge in [0.25, 0.3) is 0 Å². The third-order valence-corrected chi connectivity index (χ3v) is 3.22. The van der Waals surface area contributed by atoms with Crippen molar-refractivity contribution in [3.05, 3.63) is 28.5 Å². The Morgan fingerprint density at radius 1 is 1.21 bits per heavy atom. The van der Waals surface area contributed by atoms with E-state index in [9.17, 15) is 21.6 Å². The minimum Gasteiger partial charge on any atom is -0.218 e. The lowest BCUT2D eigenvalue weighted by atomic mass is 10.3. The van der Waals surface area contributed by atoms with E-state index >= 15 is 0 Å². The van der Waals surface area contributed by atoms with Crippen LogP contribution in [0, 0.1) is 5.82 Å². The van der Waals surface area contributed by atoms with Gasteiger partial charge in [0.2, 0.25) is 9.84 Å². The summed E-state index contributed by atoms with van der Waals surface area (Å²) in [5.74, 6) is -4.44. The van der Waals surface area contributed by atoms with Gasteiger partial charge in [-0.15, -0.1) is 0 Å². The second kappa shape index (κ2) is 3.90. The van der Waals surface area contributed by atoms with Crippen molar-refractivity contribution in [3.63, 3.8) is 0 Å². The third-order valence-electron chi connectivity index (χ3n) is 1.40. The van der Waals surface area contributed by atoms with Crippen LogP contribution in [0.1, 0.15) is 0 Å². The molecule has 1 aromatic carbocycles. The van der Waals surface area contributed by atoms with Crippen molar-refractivity contribution in [1.82, 2.24) is 0 Å². The van der Waals surface area contributed by atoms with Gasteiger partial charge in [-0.3, -0.25) is 0 Å². The minimum atomic E-state index is -4.73. The zero-order valence-corrected chi connectivity index (χ0v) is 8.95. The number of hydrogen-bond acceptors (Lipinski definition) is 2. The number of hydrogen-bond donors (Lipinski definition) is 0. The Kier molecular flexibility index (Phi) is 3.20. The number of sulfone groups is 1. The van der Waals surface area contributed by atoms with Gasteiger partial charge in [-0.25, -0.2) is 12.8 Å². The molecule has 14 heavy (non-hydrogen) atoms. The Morgan fingerprint density at radius 3 is 2.21 bits per heavy atom. The molecule has 1 rings (SSSR count). The smallest absolute Gasteiger partial charge is 0.218 e. The maximum atomic E-state index is 12.7. The molecule has 0 aliphatic rings. The number of benzene rings is 1. The average Bonchev–Trinajstić information content (AvgIpc) is 2.01. The predicted molar refractivity (Wildman–Crippen MR) is 47.3 cm³/mol. The molecule has 0 bridgehead atoms. The van der Waals surface area contributed by atoms with Crippen molar-refractivity contribution in [2.75, 3.05) is 0 Å². The second-order valence-electron chi connectivity index (χ2n) is 2.41. The molecule has 0 amide bonds. The molecule has 0 unspecified atom stereocenters. The molecule has 0 N–H and O–H groups in total. The zero-order chi connectivity index (χ0) is 10.9. The van der Waals surface area contributed by atoms with Crippen LogP contribution in [0.15, 0.2) is 27.6 Å². The van der Waals surface area contributed by atoms with Crippen molar-refractivity contribution < 1.29 is 21.6 Å². The van der Waals surface area contributed by atoms with Crippen LogP contribution in [0.3, 0.4) is 0 Å². The van der Waals surface area contributed by atoms with Crippen molar-refractivity contribution in [2.24, 2.45) is 0 Å². The molecule has 0 radical (unpaired) electrons. The highest BCUT2D eigenvalue weighted by atomic mass is 79.9. The molecular formula is C7H4BrF3O2S. The summed E-state index contributed by atoms with van der Waals surface area (Å²) in [6, 6.07) is 2.45. The van der Waals surface area contributed by atoms with Crippen LogP contribution in [0.4, 0.5) is 13.2 Å². The van der Waals surface area contributed by atoms with Crippen LogP contribution in [-0.2, 0) is 9.84 Å². The Labute approximate surface area is 86.8 Å². The van der Waals surface area contributed by atoms with Crippen LogP contribution < -0.4 is 0 Å². The SMILES string of the molecule is O=S(=O)(c1cc(F)cc(Br)c1)C(F)F. The monoisotopic (exact) mass is 288 g/mol. The molecular weight excluding hydrogens is 285 g/mol. The van der Waals surface area contributed by atoms with E-state index in [1.165, 1.54) is 0 Å². The molecule has 0 spiro atoms. The highest BCUT2D eigenvalue weighted by molar-refractivity contribution is 9.10. The summed E-state index contributed by atoms with van der Waals surface area (Å²) in [4.78, 5) is -0.737. The Hall–Kier alpha value is -0.560. The fraction of sp³-hybridized carbons (Fsp3) is 0.143. The first-order valence-electron chi connectivity index (χ1n) is 3.32. The summed E-state index contributed by atoms with van der Waals surface area (Å²) in [5, 5.41) is 0. The van der Waals surface area contributed by atoms with Crippen LogP contribution in [-0.4, -0.2) is 14.2 Å². The summed E-state index contributed by atoms with van der Waals surface area (Å²) in [5.41, 5.74) is 0. The van der Waals surface area contributed by atoms with E-state index in [0.29, 0.717) is 6.07 Å². The van der Waals surface area contributed by atoms with Gasteiger partial charge in [-0.05, 0) is 18.2 Å². The Morgan fingerprint density at radius 2 is 1.79 bits per heavy atom. The second-order valence-corrected chi connectivity index (χ2v) is 5.24. The van der Waals surface area contributed by atoms with Gasteiger partial charge >= 0.3 is 5.76 Å². The zero-order valence-electron chi connectivity index (χ0n) is 6.55. The van der Waals surface area contributed by atoms with Gasteiger partial charge in [0, 0.05) is 4.47 Å². The van der Waals surface area contributed by atoms with Crippen LogP contribution in [0.25, 0.3) is 0 Å². The molecule has 0 aliphatic carbocycles. The van der Waals surface area contributed by atoms with Crippen LogP contribution >= 0.6 is 15.9 Å². The van der Waals surface area contributed by atoms with E-state index in [1.54, 1.807) is 0 Å². The van der Waals surface area contributed by atoms with E-state index < -0.39 is 26.3 Å². The molecule has 0 saturated heterocycles. The van der Waals surface area contributed by atoms with Crippen LogP contribution in [0.2, 0.25) is 0 Å². The van der Waals surface area contributed by atoms with Crippen molar-refractivity contribution >= 4 is 25.8 Å². The highest BCUT2D eigenvalue weighted by Gasteiger charge is 2.27. The first kappa shape index (κ1) is 11.5. The van der Waals surface area contributed by atoms with E-state index in [2.05, 4.69) is 15.9 Å². The Balaban J connectivity index is 3.34. The van der Waals surface area contributed by atoms with E-state index in [0.717, 1.165) is 12.1 Å². The topological polar surface area (TPSA) is 34.1 Å². The van der Waals surface area contributed by atoms with E-state index in [1.807, 2.05) is 0 Å². The average molecular weight is 289 g/mol. The fourth-order valence-corrected chi connectivity index (χ4v) is 2.19.